The molecule has 0 aromatic carbocycles. The van der Waals surface area contributed by atoms with Gasteiger partial charge in [0.15, 0.2) is 0 Å². The molecule has 0 aliphatic rings. The zero-order valence-electron chi connectivity index (χ0n) is 7.19. The van der Waals surface area contributed by atoms with Gasteiger partial charge in [0.1, 0.15) is 4.88 Å². The molecule has 0 radical (unpaired) electrons. The molecule has 1 heterocycles. The van der Waals surface area contributed by atoms with Gasteiger partial charge in [-0.25, -0.2) is 4.79 Å². The summed E-state index contributed by atoms with van der Waals surface area (Å²) < 4.78 is 4.81. The molecule has 2 nitrogen and oxygen atoms in total. The number of halogens is 2. The first-order chi connectivity index (χ1) is 6.07. The average molecular weight is 239 g/mol. The molecule has 1 rings (SSSR count). The van der Waals surface area contributed by atoms with E-state index in [2.05, 4.69) is 0 Å². The van der Waals surface area contributed by atoms with Gasteiger partial charge in [0.05, 0.1) is 16.7 Å². The van der Waals surface area contributed by atoms with Crippen LogP contribution in [-0.2, 0) is 4.74 Å². The first-order valence-corrected chi connectivity index (χ1v) is 5.26. The maximum atomic E-state index is 11.3. The fourth-order valence-corrected chi connectivity index (χ4v) is 2.31. The molecule has 0 amide bonds. The predicted molar refractivity (Wildman–Crippen MR) is 55.0 cm³/mol. The number of carbonyl (C=O) groups excluding carboxylic acids is 1. The van der Waals surface area contributed by atoms with Crippen molar-refractivity contribution in [3.8, 4) is 0 Å². The number of ether oxygens (including phenoxy) is 1. The van der Waals surface area contributed by atoms with Gasteiger partial charge in [-0.15, -0.1) is 11.3 Å². The van der Waals surface area contributed by atoms with E-state index in [1.807, 2.05) is 6.92 Å². The topological polar surface area (TPSA) is 26.3 Å². The second-order valence-corrected chi connectivity index (χ2v) is 4.32. The fourth-order valence-electron chi connectivity index (χ4n) is 0.825. The summed E-state index contributed by atoms with van der Waals surface area (Å²) in [7, 11) is 0. The first-order valence-electron chi connectivity index (χ1n) is 3.69. The fraction of sp³-hybridized carbons (Fsp3) is 0.375. The van der Waals surface area contributed by atoms with E-state index in [0.29, 0.717) is 21.5 Å². The van der Waals surface area contributed by atoms with Gasteiger partial charge < -0.3 is 4.74 Å². The molecule has 1 aromatic rings. The lowest BCUT2D eigenvalue weighted by Gasteiger charge is -1.97. The van der Waals surface area contributed by atoms with Gasteiger partial charge >= 0.3 is 5.97 Å². The van der Waals surface area contributed by atoms with E-state index < -0.39 is 5.97 Å². The van der Waals surface area contributed by atoms with Gasteiger partial charge in [0, 0.05) is 4.88 Å². The monoisotopic (exact) mass is 238 g/mol. The summed E-state index contributed by atoms with van der Waals surface area (Å²) >= 11 is 12.9. The second-order valence-electron chi connectivity index (χ2n) is 2.34. The van der Waals surface area contributed by atoms with Gasteiger partial charge in [-0.3, -0.25) is 0 Å². The number of aryl methyl sites for hydroxylation is 1. The maximum Gasteiger partial charge on any atom is 0.349 e. The number of rotatable bonds is 2. The van der Waals surface area contributed by atoms with Crippen LogP contribution in [0.5, 0.6) is 0 Å². The first kappa shape index (κ1) is 10.8. The highest BCUT2D eigenvalue weighted by atomic mass is 35.5. The van der Waals surface area contributed by atoms with Crippen LogP contribution in [0.15, 0.2) is 0 Å². The molecule has 0 aliphatic carbocycles. The summed E-state index contributed by atoms with van der Waals surface area (Å²) in [5, 5.41) is 0.734. The van der Waals surface area contributed by atoms with E-state index in [9.17, 15) is 4.79 Å². The van der Waals surface area contributed by atoms with E-state index in [0.717, 1.165) is 4.88 Å². The molecule has 0 bridgehead atoms. The Bertz CT molecular complexity index is 333. The van der Waals surface area contributed by atoms with Gasteiger partial charge in [-0.2, -0.15) is 0 Å². The standard InChI is InChI=1S/C8H8Cl2O2S/c1-3-12-8(11)7-6(10)5(9)4(2)13-7/h3H2,1-2H3. The molecule has 13 heavy (non-hydrogen) atoms. The molecule has 0 aliphatic heterocycles. The van der Waals surface area contributed by atoms with Crippen molar-refractivity contribution in [2.24, 2.45) is 0 Å². The normalized spacial score (nSPS) is 10.2. The third kappa shape index (κ3) is 2.16. The van der Waals surface area contributed by atoms with Crippen LogP contribution >= 0.6 is 34.5 Å². The maximum absolute atomic E-state index is 11.3. The molecule has 0 atom stereocenters. The minimum absolute atomic E-state index is 0.294. The van der Waals surface area contributed by atoms with Gasteiger partial charge in [0.25, 0.3) is 0 Å². The highest BCUT2D eigenvalue weighted by Crippen LogP contribution is 2.36. The average Bonchev–Trinajstić information content (AvgIpc) is 2.33. The Morgan fingerprint density at radius 3 is 2.46 bits per heavy atom. The van der Waals surface area contributed by atoms with E-state index in [1.54, 1.807) is 6.92 Å². The lowest BCUT2D eigenvalue weighted by atomic mass is 10.4. The summed E-state index contributed by atoms with van der Waals surface area (Å²) in [6.07, 6.45) is 0. The molecule has 0 saturated heterocycles. The lowest BCUT2D eigenvalue weighted by Crippen LogP contribution is -2.02. The lowest BCUT2D eigenvalue weighted by molar-refractivity contribution is 0.0532. The molecule has 0 spiro atoms. The van der Waals surface area contributed by atoms with Crippen molar-refractivity contribution in [1.29, 1.82) is 0 Å². The number of thiophene rings is 1. The number of hydrogen-bond acceptors (Lipinski definition) is 3. The van der Waals surface area contributed by atoms with Crippen molar-refractivity contribution >= 4 is 40.5 Å². The highest BCUT2D eigenvalue weighted by Gasteiger charge is 2.19. The van der Waals surface area contributed by atoms with Crippen LogP contribution in [-0.4, -0.2) is 12.6 Å². The predicted octanol–water partition coefficient (Wildman–Crippen LogP) is 3.54. The molecular weight excluding hydrogens is 231 g/mol. The quantitative estimate of drug-likeness (QED) is 0.738. The van der Waals surface area contributed by atoms with E-state index in [4.69, 9.17) is 27.9 Å². The molecule has 0 N–H and O–H groups in total. The third-order valence-electron chi connectivity index (χ3n) is 1.42. The Balaban J connectivity index is 3.01. The Morgan fingerprint density at radius 2 is 2.08 bits per heavy atom. The van der Waals surface area contributed by atoms with Crippen molar-refractivity contribution < 1.29 is 9.53 Å². The van der Waals surface area contributed by atoms with E-state index in [1.165, 1.54) is 11.3 Å². The van der Waals surface area contributed by atoms with Crippen molar-refractivity contribution in [3.05, 3.63) is 19.8 Å². The summed E-state index contributed by atoms with van der Waals surface area (Å²) in [6.45, 7) is 3.89. The summed E-state index contributed by atoms with van der Waals surface area (Å²) in [5.41, 5.74) is 0. The summed E-state index contributed by atoms with van der Waals surface area (Å²) in [4.78, 5) is 12.5. The summed E-state index contributed by atoms with van der Waals surface area (Å²) in [5.74, 6) is -0.410. The van der Waals surface area contributed by atoms with Crippen LogP contribution in [0.3, 0.4) is 0 Å². The smallest absolute Gasteiger partial charge is 0.349 e. The molecule has 5 heteroatoms. The van der Waals surface area contributed by atoms with Crippen LogP contribution in [0.25, 0.3) is 0 Å². The van der Waals surface area contributed by atoms with Gasteiger partial charge in [0.2, 0.25) is 0 Å². The second kappa shape index (κ2) is 4.31. The van der Waals surface area contributed by atoms with E-state index >= 15 is 0 Å². The van der Waals surface area contributed by atoms with Crippen LogP contribution < -0.4 is 0 Å². The molecule has 72 valence electrons. The summed E-state index contributed by atoms with van der Waals surface area (Å²) in [6, 6.07) is 0. The Kier molecular flexibility index (Phi) is 3.59. The minimum Gasteiger partial charge on any atom is -0.462 e. The highest BCUT2D eigenvalue weighted by molar-refractivity contribution is 7.15. The van der Waals surface area contributed by atoms with Crippen LogP contribution in [0.1, 0.15) is 21.5 Å². The van der Waals surface area contributed by atoms with Gasteiger partial charge in [-0.1, -0.05) is 23.2 Å². The van der Waals surface area contributed by atoms with Crippen molar-refractivity contribution in [1.82, 2.24) is 0 Å². The Labute approximate surface area is 90.4 Å². The molecule has 0 unspecified atom stereocenters. The molecule has 0 saturated carbocycles. The van der Waals surface area contributed by atoms with Crippen LogP contribution in [0, 0.1) is 6.92 Å². The molecular formula is C8H8Cl2O2S. The van der Waals surface area contributed by atoms with Crippen molar-refractivity contribution in [2.75, 3.05) is 6.61 Å². The van der Waals surface area contributed by atoms with E-state index in [-0.39, 0.29) is 0 Å². The van der Waals surface area contributed by atoms with Gasteiger partial charge in [-0.05, 0) is 13.8 Å². The SMILES string of the molecule is CCOC(=O)c1sc(C)c(Cl)c1Cl. The molecule has 0 fully saturated rings. The van der Waals surface area contributed by atoms with Crippen LogP contribution in [0.4, 0.5) is 0 Å². The minimum atomic E-state index is -0.410. The zero-order valence-corrected chi connectivity index (χ0v) is 9.52. The van der Waals surface area contributed by atoms with Crippen molar-refractivity contribution in [3.63, 3.8) is 0 Å². The zero-order chi connectivity index (χ0) is 10.0. The van der Waals surface area contributed by atoms with Crippen molar-refractivity contribution in [2.45, 2.75) is 13.8 Å². The largest absolute Gasteiger partial charge is 0.462 e. The Morgan fingerprint density at radius 1 is 1.46 bits per heavy atom. The number of esters is 1. The number of hydrogen-bond donors (Lipinski definition) is 0. The third-order valence-corrected chi connectivity index (χ3v) is 3.67. The Hall–Kier alpha value is -0.250. The molecule has 1 aromatic heterocycles. The van der Waals surface area contributed by atoms with Crippen LogP contribution in [0.2, 0.25) is 10.0 Å². The number of carbonyl (C=O) groups is 1.